The van der Waals surface area contributed by atoms with Gasteiger partial charge in [-0.05, 0) is 45.7 Å². The maximum absolute atomic E-state index is 11.9. The molecule has 2 N–H and O–H groups in total. The molecule has 2 rings (SSSR count). The van der Waals surface area contributed by atoms with Crippen molar-refractivity contribution in [1.29, 1.82) is 0 Å². The molecule has 0 aromatic carbocycles. The number of nitrogens with zero attached hydrogens (tertiary/aromatic N) is 3. The van der Waals surface area contributed by atoms with Crippen molar-refractivity contribution in [3.05, 3.63) is 16.1 Å². The standard InChI is InChI=1S/C16H28N4O2S/c1-12(21)9-19(3)16(22)17-8-14-4-6-20(7-5-14)10-15-11-23-13(2)18-15/h11-12,14,21H,4-10H2,1-3H3,(H,17,22). The number of likely N-dealkylation sites (tertiary alicyclic amines) is 1. The summed E-state index contributed by atoms with van der Waals surface area (Å²) in [6, 6.07) is -0.105. The van der Waals surface area contributed by atoms with E-state index in [0.29, 0.717) is 19.0 Å². The number of rotatable bonds is 6. The van der Waals surface area contributed by atoms with Crippen molar-refractivity contribution in [3.63, 3.8) is 0 Å². The lowest BCUT2D eigenvalue weighted by Gasteiger charge is -2.32. The van der Waals surface area contributed by atoms with Gasteiger partial charge >= 0.3 is 6.03 Å². The van der Waals surface area contributed by atoms with E-state index in [9.17, 15) is 9.90 Å². The van der Waals surface area contributed by atoms with E-state index in [4.69, 9.17) is 0 Å². The molecule has 0 saturated carbocycles. The Bertz CT molecular complexity index is 498. The first-order valence-corrected chi connectivity index (χ1v) is 9.12. The molecule has 6 nitrogen and oxygen atoms in total. The van der Waals surface area contributed by atoms with Crippen molar-refractivity contribution in [2.24, 2.45) is 5.92 Å². The SMILES string of the molecule is Cc1nc(CN2CCC(CNC(=O)N(C)CC(C)O)CC2)cs1. The molecule has 1 aromatic rings. The summed E-state index contributed by atoms with van der Waals surface area (Å²) in [6.45, 7) is 7.84. The molecule has 1 atom stereocenters. The molecule has 1 fully saturated rings. The maximum Gasteiger partial charge on any atom is 0.317 e. The fourth-order valence-electron chi connectivity index (χ4n) is 2.90. The van der Waals surface area contributed by atoms with Crippen LogP contribution in [-0.4, -0.2) is 65.3 Å². The lowest BCUT2D eigenvalue weighted by Crippen LogP contribution is -2.44. The first-order chi connectivity index (χ1) is 10.9. The number of nitrogens with one attached hydrogen (secondary N) is 1. The molecule has 0 bridgehead atoms. The highest BCUT2D eigenvalue weighted by molar-refractivity contribution is 7.09. The molecule has 1 aromatic heterocycles. The van der Waals surface area contributed by atoms with E-state index in [2.05, 4.69) is 20.6 Å². The number of urea groups is 1. The topological polar surface area (TPSA) is 68.7 Å². The summed E-state index contributed by atoms with van der Waals surface area (Å²) in [6.07, 6.45) is 1.70. The summed E-state index contributed by atoms with van der Waals surface area (Å²) in [5.74, 6) is 0.535. The third kappa shape index (κ3) is 6.08. The van der Waals surface area contributed by atoms with Crippen LogP contribution in [0.5, 0.6) is 0 Å². The second-order valence-corrected chi connectivity index (χ2v) is 7.56. The highest BCUT2D eigenvalue weighted by atomic mass is 32.1. The van der Waals surface area contributed by atoms with Crippen LogP contribution in [-0.2, 0) is 6.54 Å². The number of thiazole rings is 1. The molecule has 1 aliphatic rings. The highest BCUT2D eigenvalue weighted by Crippen LogP contribution is 2.19. The maximum atomic E-state index is 11.9. The van der Waals surface area contributed by atoms with Crippen LogP contribution in [0.15, 0.2) is 5.38 Å². The van der Waals surface area contributed by atoms with Gasteiger partial charge in [-0.25, -0.2) is 9.78 Å². The lowest BCUT2D eigenvalue weighted by atomic mass is 9.97. The van der Waals surface area contributed by atoms with E-state index in [1.165, 1.54) is 10.6 Å². The zero-order chi connectivity index (χ0) is 16.8. The fourth-order valence-corrected chi connectivity index (χ4v) is 3.51. The Kier molecular flexibility index (Phi) is 6.80. The summed E-state index contributed by atoms with van der Waals surface area (Å²) in [5.41, 5.74) is 1.17. The van der Waals surface area contributed by atoms with Gasteiger partial charge in [0.2, 0.25) is 0 Å². The zero-order valence-corrected chi connectivity index (χ0v) is 15.1. The van der Waals surface area contributed by atoms with Gasteiger partial charge in [0.15, 0.2) is 0 Å². The van der Waals surface area contributed by atoms with Gasteiger partial charge in [0.1, 0.15) is 0 Å². The van der Waals surface area contributed by atoms with Crippen molar-refractivity contribution in [3.8, 4) is 0 Å². The van der Waals surface area contributed by atoms with E-state index < -0.39 is 6.10 Å². The quantitative estimate of drug-likeness (QED) is 0.827. The smallest absolute Gasteiger partial charge is 0.317 e. The second-order valence-electron chi connectivity index (χ2n) is 6.49. The Labute approximate surface area is 142 Å². The molecule has 23 heavy (non-hydrogen) atoms. The third-order valence-electron chi connectivity index (χ3n) is 4.19. The molecule has 130 valence electrons. The largest absolute Gasteiger partial charge is 0.392 e. The van der Waals surface area contributed by atoms with Gasteiger partial charge < -0.3 is 15.3 Å². The molecule has 0 aliphatic carbocycles. The Balaban J connectivity index is 1.65. The summed E-state index contributed by atoms with van der Waals surface area (Å²) in [4.78, 5) is 20.4. The van der Waals surface area contributed by atoms with E-state index in [1.54, 1.807) is 25.3 Å². The first kappa shape index (κ1) is 18.2. The van der Waals surface area contributed by atoms with Crippen LogP contribution in [0, 0.1) is 12.8 Å². The van der Waals surface area contributed by atoms with Crippen molar-refractivity contribution < 1.29 is 9.90 Å². The van der Waals surface area contributed by atoms with Gasteiger partial charge in [-0.1, -0.05) is 0 Å². The van der Waals surface area contributed by atoms with Crippen molar-refractivity contribution in [2.75, 3.05) is 33.2 Å². The van der Waals surface area contributed by atoms with E-state index in [1.807, 2.05) is 6.92 Å². The number of aryl methyl sites for hydroxylation is 1. The average molecular weight is 340 g/mol. The minimum atomic E-state index is -0.497. The van der Waals surface area contributed by atoms with Crippen LogP contribution in [0.1, 0.15) is 30.5 Å². The van der Waals surface area contributed by atoms with E-state index >= 15 is 0 Å². The first-order valence-electron chi connectivity index (χ1n) is 8.24. The molecule has 2 amide bonds. The number of carbonyl (C=O) groups excluding carboxylic acids is 1. The number of amides is 2. The number of aromatic nitrogens is 1. The molecular weight excluding hydrogens is 312 g/mol. The summed E-state index contributed by atoms with van der Waals surface area (Å²) >= 11 is 1.70. The van der Waals surface area contributed by atoms with Crippen molar-refractivity contribution in [2.45, 2.75) is 39.3 Å². The molecular formula is C16H28N4O2S. The molecule has 1 unspecified atom stereocenters. The Morgan fingerprint density at radius 3 is 2.83 bits per heavy atom. The van der Waals surface area contributed by atoms with Gasteiger partial charge in [-0.2, -0.15) is 0 Å². The molecule has 0 spiro atoms. The van der Waals surface area contributed by atoms with Gasteiger partial charge in [0.05, 0.1) is 16.8 Å². The third-order valence-corrected chi connectivity index (χ3v) is 5.01. The monoisotopic (exact) mass is 340 g/mol. The predicted octanol–water partition coefficient (Wildman–Crippen LogP) is 1.69. The van der Waals surface area contributed by atoms with Crippen LogP contribution in [0.4, 0.5) is 4.79 Å². The van der Waals surface area contributed by atoms with Gasteiger partial charge in [0.25, 0.3) is 0 Å². The fraction of sp³-hybridized carbons (Fsp3) is 0.750. The van der Waals surface area contributed by atoms with Crippen LogP contribution in [0.25, 0.3) is 0 Å². The number of hydrogen-bond acceptors (Lipinski definition) is 5. The molecule has 2 heterocycles. The Morgan fingerprint density at radius 1 is 1.57 bits per heavy atom. The normalized spacial score (nSPS) is 17.9. The van der Waals surface area contributed by atoms with Gasteiger partial charge in [0, 0.05) is 32.1 Å². The highest BCUT2D eigenvalue weighted by Gasteiger charge is 2.21. The number of aliphatic hydroxyl groups excluding tert-OH is 1. The molecule has 7 heteroatoms. The van der Waals surface area contributed by atoms with Crippen LogP contribution >= 0.6 is 11.3 Å². The van der Waals surface area contributed by atoms with Crippen LogP contribution in [0.3, 0.4) is 0 Å². The van der Waals surface area contributed by atoms with Crippen LogP contribution in [0.2, 0.25) is 0 Å². The number of aliphatic hydroxyl groups is 1. The predicted molar refractivity (Wildman–Crippen MR) is 92.6 cm³/mol. The molecule has 0 radical (unpaired) electrons. The number of hydrogen-bond donors (Lipinski definition) is 2. The summed E-state index contributed by atoms with van der Waals surface area (Å²) in [5, 5.41) is 15.5. The Morgan fingerprint density at radius 2 is 2.26 bits per heavy atom. The van der Waals surface area contributed by atoms with E-state index in [-0.39, 0.29) is 6.03 Å². The van der Waals surface area contributed by atoms with E-state index in [0.717, 1.165) is 37.5 Å². The lowest BCUT2D eigenvalue weighted by molar-refractivity contribution is 0.140. The van der Waals surface area contributed by atoms with Gasteiger partial charge in [-0.15, -0.1) is 11.3 Å². The van der Waals surface area contributed by atoms with Crippen LogP contribution < -0.4 is 5.32 Å². The number of likely N-dealkylation sites (N-methyl/N-ethyl adjacent to an activating group) is 1. The molecule has 1 saturated heterocycles. The van der Waals surface area contributed by atoms with Crippen molar-refractivity contribution in [1.82, 2.24) is 20.1 Å². The minimum absolute atomic E-state index is 0.105. The summed E-state index contributed by atoms with van der Waals surface area (Å²) < 4.78 is 0. The summed E-state index contributed by atoms with van der Waals surface area (Å²) in [7, 11) is 1.71. The number of carbonyl (C=O) groups is 1. The second kappa shape index (κ2) is 8.61. The Hall–Kier alpha value is -1.18. The number of piperidine rings is 1. The molecule has 1 aliphatic heterocycles. The zero-order valence-electron chi connectivity index (χ0n) is 14.3. The van der Waals surface area contributed by atoms with Gasteiger partial charge in [-0.3, -0.25) is 4.90 Å². The minimum Gasteiger partial charge on any atom is -0.392 e. The van der Waals surface area contributed by atoms with Crippen molar-refractivity contribution >= 4 is 17.4 Å². The average Bonchev–Trinajstić information content (AvgIpc) is 2.90.